The van der Waals surface area contributed by atoms with Gasteiger partial charge in [0.25, 0.3) is 0 Å². The Labute approximate surface area is 102 Å². The summed E-state index contributed by atoms with van der Waals surface area (Å²) in [6.45, 7) is 13.3. The van der Waals surface area contributed by atoms with Crippen LogP contribution in [0.15, 0.2) is 0 Å². The summed E-state index contributed by atoms with van der Waals surface area (Å²) in [6.07, 6.45) is 5.40. The average Bonchev–Trinajstić information content (AvgIpc) is 2.29. The van der Waals surface area contributed by atoms with E-state index in [0.29, 0.717) is 0 Å². The second-order valence-electron chi connectivity index (χ2n) is 5.53. The molecule has 16 heavy (non-hydrogen) atoms. The third-order valence-electron chi connectivity index (χ3n) is 3.83. The summed E-state index contributed by atoms with van der Waals surface area (Å²) in [7, 11) is 0. The molecule has 1 heterocycles. The molecule has 1 N–H and O–H groups in total. The van der Waals surface area contributed by atoms with Gasteiger partial charge < -0.3 is 10.2 Å². The Morgan fingerprint density at radius 3 is 2.44 bits per heavy atom. The molecule has 0 aromatic carbocycles. The number of nitrogens with one attached hydrogen (secondary N) is 1. The lowest BCUT2D eigenvalue weighted by Gasteiger charge is -2.33. The van der Waals surface area contributed by atoms with Gasteiger partial charge in [0.2, 0.25) is 0 Å². The minimum atomic E-state index is 0.883. The van der Waals surface area contributed by atoms with E-state index in [1.165, 1.54) is 58.4 Å². The number of nitrogens with zero attached hydrogens (tertiary/aromatic N) is 1. The van der Waals surface area contributed by atoms with Crippen molar-refractivity contribution in [2.75, 3.05) is 32.7 Å². The van der Waals surface area contributed by atoms with Gasteiger partial charge in [0, 0.05) is 0 Å². The van der Waals surface area contributed by atoms with Gasteiger partial charge in [-0.05, 0) is 70.2 Å². The van der Waals surface area contributed by atoms with Gasteiger partial charge in [0.05, 0.1) is 0 Å². The van der Waals surface area contributed by atoms with E-state index in [4.69, 9.17) is 0 Å². The van der Waals surface area contributed by atoms with Gasteiger partial charge >= 0.3 is 0 Å². The third kappa shape index (κ3) is 5.31. The molecule has 0 amide bonds. The zero-order valence-electron chi connectivity index (χ0n) is 11.5. The van der Waals surface area contributed by atoms with Crippen molar-refractivity contribution in [3.63, 3.8) is 0 Å². The highest BCUT2D eigenvalue weighted by molar-refractivity contribution is 4.74. The van der Waals surface area contributed by atoms with Crippen molar-refractivity contribution in [1.82, 2.24) is 10.2 Å². The predicted octanol–water partition coefficient (Wildman–Crippen LogP) is 2.74. The third-order valence-corrected chi connectivity index (χ3v) is 3.83. The lowest BCUT2D eigenvalue weighted by atomic mass is 9.87. The van der Waals surface area contributed by atoms with Crippen LogP contribution in [0.25, 0.3) is 0 Å². The van der Waals surface area contributed by atoms with Gasteiger partial charge in [0.15, 0.2) is 0 Å². The fraction of sp³-hybridized carbons (Fsp3) is 1.00. The SMILES string of the molecule is CCCNCCCN1CCC(C(C)C)CC1. The van der Waals surface area contributed by atoms with Crippen LogP contribution in [0, 0.1) is 11.8 Å². The Bertz CT molecular complexity index is 160. The molecule has 0 bridgehead atoms. The minimum absolute atomic E-state index is 0.883. The molecule has 0 saturated carbocycles. The van der Waals surface area contributed by atoms with Crippen LogP contribution in [0.3, 0.4) is 0 Å². The lowest BCUT2D eigenvalue weighted by Crippen LogP contribution is -2.36. The van der Waals surface area contributed by atoms with Crippen molar-refractivity contribution < 1.29 is 0 Å². The van der Waals surface area contributed by atoms with Crippen LogP contribution in [0.4, 0.5) is 0 Å². The fourth-order valence-electron chi connectivity index (χ4n) is 2.57. The molecule has 0 aromatic rings. The van der Waals surface area contributed by atoms with E-state index < -0.39 is 0 Å². The highest BCUT2D eigenvalue weighted by Gasteiger charge is 2.20. The zero-order chi connectivity index (χ0) is 11.8. The van der Waals surface area contributed by atoms with Gasteiger partial charge in [-0.1, -0.05) is 20.8 Å². The summed E-state index contributed by atoms with van der Waals surface area (Å²) in [6, 6.07) is 0. The smallest absolute Gasteiger partial charge is 0.000664 e. The van der Waals surface area contributed by atoms with E-state index in [0.717, 1.165) is 11.8 Å². The molecule has 2 nitrogen and oxygen atoms in total. The maximum Gasteiger partial charge on any atom is -0.000664 e. The van der Waals surface area contributed by atoms with Gasteiger partial charge in [0.1, 0.15) is 0 Å². The molecule has 96 valence electrons. The van der Waals surface area contributed by atoms with Gasteiger partial charge in [-0.3, -0.25) is 0 Å². The number of hydrogen-bond donors (Lipinski definition) is 1. The quantitative estimate of drug-likeness (QED) is 0.672. The summed E-state index contributed by atoms with van der Waals surface area (Å²) in [5, 5.41) is 3.47. The zero-order valence-corrected chi connectivity index (χ0v) is 11.5. The van der Waals surface area contributed by atoms with Crippen LogP contribution in [-0.2, 0) is 0 Å². The van der Waals surface area contributed by atoms with E-state index in [-0.39, 0.29) is 0 Å². The van der Waals surface area contributed by atoms with Crippen LogP contribution in [0.2, 0.25) is 0 Å². The van der Waals surface area contributed by atoms with Crippen molar-refractivity contribution >= 4 is 0 Å². The number of rotatable bonds is 7. The molecule has 1 aliphatic rings. The monoisotopic (exact) mass is 226 g/mol. The maximum absolute atomic E-state index is 3.47. The van der Waals surface area contributed by atoms with E-state index in [2.05, 4.69) is 31.0 Å². The van der Waals surface area contributed by atoms with E-state index in [9.17, 15) is 0 Å². The number of likely N-dealkylation sites (tertiary alicyclic amines) is 1. The molecule has 1 rings (SSSR count). The largest absolute Gasteiger partial charge is 0.317 e. The van der Waals surface area contributed by atoms with E-state index >= 15 is 0 Å². The van der Waals surface area contributed by atoms with E-state index in [1.807, 2.05) is 0 Å². The van der Waals surface area contributed by atoms with Gasteiger partial charge in [-0.25, -0.2) is 0 Å². The molecule has 2 heteroatoms. The molecule has 1 saturated heterocycles. The average molecular weight is 226 g/mol. The standard InChI is InChI=1S/C14H30N2/c1-4-8-15-9-5-10-16-11-6-14(7-12-16)13(2)3/h13-15H,4-12H2,1-3H3. The molecule has 1 aliphatic heterocycles. The van der Waals surface area contributed by atoms with Crippen molar-refractivity contribution in [3.8, 4) is 0 Å². The lowest BCUT2D eigenvalue weighted by molar-refractivity contribution is 0.156. The molecule has 0 unspecified atom stereocenters. The Hall–Kier alpha value is -0.0800. The summed E-state index contributed by atoms with van der Waals surface area (Å²) in [4.78, 5) is 2.65. The molecular weight excluding hydrogens is 196 g/mol. The molecular formula is C14H30N2. The Morgan fingerprint density at radius 1 is 1.19 bits per heavy atom. The summed E-state index contributed by atoms with van der Waals surface area (Å²) >= 11 is 0. The highest BCUT2D eigenvalue weighted by Crippen LogP contribution is 2.24. The molecule has 1 fully saturated rings. The van der Waals surface area contributed by atoms with Crippen LogP contribution in [0.1, 0.15) is 46.5 Å². The second kappa shape index (κ2) is 8.08. The minimum Gasteiger partial charge on any atom is -0.317 e. The van der Waals surface area contributed by atoms with E-state index in [1.54, 1.807) is 0 Å². The number of piperidine rings is 1. The Kier molecular flexibility index (Phi) is 7.06. The summed E-state index contributed by atoms with van der Waals surface area (Å²) in [5.41, 5.74) is 0. The second-order valence-corrected chi connectivity index (χ2v) is 5.53. The van der Waals surface area contributed by atoms with Crippen molar-refractivity contribution in [2.45, 2.75) is 46.5 Å². The van der Waals surface area contributed by atoms with Crippen LogP contribution < -0.4 is 5.32 Å². The normalized spacial score (nSPS) is 19.5. The topological polar surface area (TPSA) is 15.3 Å². The summed E-state index contributed by atoms with van der Waals surface area (Å²) in [5.74, 6) is 1.86. The highest BCUT2D eigenvalue weighted by atomic mass is 15.1. The predicted molar refractivity (Wildman–Crippen MR) is 71.8 cm³/mol. The summed E-state index contributed by atoms with van der Waals surface area (Å²) < 4.78 is 0. The van der Waals surface area contributed by atoms with Crippen molar-refractivity contribution in [2.24, 2.45) is 11.8 Å². The number of hydrogen-bond acceptors (Lipinski definition) is 2. The maximum atomic E-state index is 3.47. The van der Waals surface area contributed by atoms with Crippen LogP contribution in [0.5, 0.6) is 0 Å². The first-order valence-corrected chi connectivity index (χ1v) is 7.17. The van der Waals surface area contributed by atoms with Gasteiger partial charge in [-0.2, -0.15) is 0 Å². The fourth-order valence-corrected chi connectivity index (χ4v) is 2.57. The first-order chi connectivity index (χ1) is 7.74. The van der Waals surface area contributed by atoms with Crippen molar-refractivity contribution in [3.05, 3.63) is 0 Å². The first-order valence-electron chi connectivity index (χ1n) is 7.17. The van der Waals surface area contributed by atoms with Gasteiger partial charge in [-0.15, -0.1) is 0 Å². The Balaban J connectivity index is 1.99. The van der Waals surface area contributed by atoms with Crippen LogP contribution in [-0.4, -0.2) is 37.6 Å². The molecule has 0 aromatic heterocycles. The molecule has 0 atom stereocenters. The molecule has 0 aliphatic carbocycles. The molecule has 0 spiro atoms. The molecule has 0 radical (unpaired) electrons. The van der Waals surface area contributed by atoms with Crippen LogP contribution >= 0.6 is 0 Å². The first kappa shape index (κ1) is 14.0. The Morgan fingerprint density at radius 2 is 1.88 bits per heavy atom. The van der Waals surface area contributed by atoms with Crippen molar-refractivity contribution in [1.29, 1.82) is 0 Å².